The van der Waals surface area contributed by atoms with Crippen molar-refractivity contribution in [2.45, 2.75) is 44.6 Å². The average Bonchev–Trinajstić information content (AvgIpc) is 2.99. The molecule has 2 unspecified atom stereocenters. The van der Waals surface area contributed by atoms with E-state index in [0.717, 1.165) is 24.4 Å². The molecular weight excluding hydrogens is 172 g/mol. The van der Waals surface area contributed by atoms with Gasteiger partial charge in [-0.2, -0.15) is 0 Å². The van der Waals surface area contributed by atoms with Crippen LogP contribution in [-0.4, -0.2) is 31.1 Å². The summed E-state index contributed by atoms with van der Waals surface area (Å²) in [5, 5.41) is 0. The van der Waals surface area contributed by atoms with E-state index < -0.39 is 0 Å². The number of piperidine rings is 1. The van der Waals surface area contributed by atoms with Gasteiger partial charge in [-0.25, -0.2) is 0 Å². The summed E-state index contributed by atoms with van der Waals surface area (Å²) in [6, 6.07) is 0.847. The van der Waals surface area contributed by atoms with Crippen molar-refractivity contribution in [1.29, 1.82) is 0 Å². The van der Waals surface area contributed by atoms with Crippen LogP contribution in [0.25, 0.3) is 0 Å². The molecule has 1 saturated heterocycles. The summed E-state index contributed by atoms with van der Waals surface area (Å²) in [4.78, 5) is 2.59. The van der Waals surface area contributed by atoms with Crippen LogP contribution in [0.4, 0.5) is 0 Å². The van der Waals surface area contributed by atoms with Crippen LogP contribution in [0.3, 0.4) is 0 Å². The Labute approximate surface area is 87.8 Å². The lowest BCUT2D eigenvalue weighted by Gasteiger charge is -2.38. The molecule has 2 heteroatoms. The molecule has 2 nitrogen and oxygen atoms in total. The summed E-state index contributed by atoms with van der Waals surface area (Å²) < 4.78 is 0. The smallest absolute Gasteiger partial charge is 0.0124 e. The van der Waals surface area contributed by atoms with E-state index >= 15 is 0 Å². The van der Waals surface area contributed by atoms with E-state index in [9.17, 15) is 0 Å². The standard InChI is InChI=1S/C12H24N2/c1-14-9-3-2-4-12(14)11(7-8-13)10-5-6-10/h10-12H,2-9,13H2,1H3. The second-order valence-electron chi connectivity index (χ2n) is 5.12. The Morgan fingerprint density at radius 1 is 1.29 bits per heavy atom. The Kier molecular flexibility index (Phi) is 3.45. The van der Waals surface area contributed by atoms with E-state index in [2.05, 4.69) is 11.9 Å². The molecule has 14 heavy (non-hydrogen) atoms. The number of hydrogen-bond donors (Lipinski definition) is 1. The van der Waals surface area contributed by atoms with Gasteiger partial charge in [0.15, 0.2) is 0 Å². The molecule has 2 atom stereocenters. The molecule has 1 aliphatic carbocycles. The molecule has 0 amide bonds. The predicted octanol–water partition coefficient (Wildman–Crippen LogP) is 1.85. The highest BCUT2D eigenvalue weighted by Crippen LogP contribution is 2.43. The Bertz CT molecular complexity index is 175. The SMILES string of the molecule is CN1CCCCC1C(CCN)C1CC1. The fourth-order valence-electron chi connectivity index (χ4n) is 3.10. The number of hydrogen-bond acceptors (Lipinski definition) is 2. The summed E-state index contributed by atoms with van der Waals surface area (Å²) >= 11 is 0. The molecule has 0 bridgehead atoms. The fourth-order valence-corrected chi connectivity index (χ4v) is 3.10. The van der Waals surface area contributed by atoms with E-state index in [0.29, 0.717) is 0 Å². The lowest BCUT2D eigenvalue weighted by Crippen LogP contribution is -2.42. The van der Waals surface area contributed by atoms with Crippen molar-refractivity contribution in [3.05, 3.63) is 0 Å². The largest absolute Gasteiger partial charge is 0.330 e. The molecule has 2 fully saturated rings. The molecule has 0 aromatic heterocycles. The first kappa shape index (κ1) is 10.4. The van der Waals surface area contributed by atoms with Crippen molar-refractivity contribution in [3.8, 4) is 0 Å². The molecule has 82 valence electrons. The first-order chi connectivity index (χ1) is 6.83. The summed E-state index contributed by atoms with van der Waals surface area (Å²) in [6.45, 7) is 2.18. The minimum absolute atomic E-state index is 0.847. The van der Waals surface area contributed by atoms with Gasteiger partial charge in [-0.1, -0.05) is 6.42 Å². The maximum atomic E-state index is 5.73. The van der Waals surface area contributed by atoms with Crippen LogP contribution in [0, 0.1) is 11.8 Å². The number of rotatable bonds is 4. The third-order valence-corrected chi connectivity index (χ3v) is 4.05. The Morgan fingerprint density at radius 2 is 2.07 bits per heavy atom. The lowest BCUT2D eigenvalue weighted by atomic mass is 9.85. The maximum Gasteiger partial charge on any atom is 0.0124 e. The van der Waals surface area contributed by atoms with Crippen molar-refractivity contribution in [1.82, 2.24) is 4.90 Å². The minimum Gasteiger partial charge on any atom is -0.330 e. The Balaban J connectivity index is 1.93. The van der Waals surface area contributed by atoms with Crippen molar-refractivity contribution < 1.29 is 0 Å². The van der Waals surface area contributed by atoms with Gasteiger partial charge in [0.1, 0.15) is 0 Å². The topological polar surface area (TPSA) is 29.3 Å². The fraction of sp³-hybridized carbons (Fsp3) is 1.00. The molecule has 0 spiro atoms. The van der Waals surface area contributed by atoms with E-state index in [4.69, 9.17) is 5.73 Å². The Hall–Kier alpha value is -0.0800. The van der Waals surface area contributed by atoms with Crippen LogP contribution in [0.15, 0.2) is 0 Å². The summed E-state index contributed by atoms with van der Waals surface area (Å²) in [7, 11) is 2.30. The minimum atomic E-state index is 0.847. The summed E-state index contributed by atoms with van der Waals surface area (Å²) in [5.41, 5.74) is 5.73. The van der Waals surface area contributed by atoms with Gasteiger partial charge in [-0.3, -0.25) is 0 Å². The van der Waals surface area contributed by atoms with Crippen LogP contribution in [0.2, 0.25) is 0 Å². The lowest BCUT2D eigenvalue weighted by molar-refractivity contribution is 0.113. The third kappa shape index (κ3) is 2.29. The number of nitrogens with zero attached hydrogens (tertiary/aromatic N) is 1. The zero-order valence-electron chi connectivity index (χ0n) is 9.41. The van der Waals surface area contributed by atoms with Crippen LogP contribution in [-0.2, 0) is 0 Å². The van der Waals surface area contributed by atoms with Gasteiger partial charge < -0.3 is 10.6 Å². The average molecular weight is 196 g/mol. The molecule has 2 aliphatic rings. The second-order valence-corrected chi connectivity index (χ2v) is 5.12. The van der Waals surface area contributed by atoms with E-state index in [1.165, 1.54) is 45.1 Å². The normalized spacial score (nSPS) is 31.7. The third-order valence-electron chi connectivity index (χ3n) is 4.05. The highest BCUT2D eigenvalue weighted by atomic mass is 15.1. The van der Waals surface area contributed by atoms with Crippen LogP contribution >= 0.6 is 0 Å². The molecule has 0 aromatic rings. The van der Waals surface area contributed by atoms with Gasteiger partial charge in [0.25, 0.3) is 0 Å². The molecule has 2 N–H and O–H groups in total. The zero-order valence-corrected chi connectivity index (χ0v) is 9.41. The zero-order chi connectivity index (χ0) is 9.97. The van der Waals surface area contributed by atoms with Crippen LogP contribution < -0.4 is 5.73 Å². The molecule has 1 heterocycles. The van der Waals surface area contributed by atoms with Gasteiger partial charge in [0, 0.05) is 6.04 Å². The van der Waals surface area contributed by atoms with Crippen LogP contribution in [0.5, 0.6) is 0 Å². The van der Waals surface area contributed by atoms with Crippen molar-refractivity contribution in [2.75, 3.05) is 20.1 Å². The van der Waals surface area contributed by atoms with E-state index in [1.54, 1.807) is 0 Å². The van der Waals surface area contributed by atoms with Gasteiger partial charge in [-0.05, 0) is 64.1 Å². The molecule has 0 radical (unpaired) electrons. The molecule has 1 saturated carbocycles. The maximum absolute atomic E-state index is 5.73. The van der Waals surface area contributed by atoms with Crippen molar-refractivity contribution >= 4 is 0 Å². The molecule has 1 aliphatic heterocycles. The van der Waals surface area contributed by atoms with Crippen molar-refractivity contribution in [3.63, 3.8) is 0 Å². The highest BCUT2D eigenvalue weighted by molar-refractivity contribution is 4.91. The van der Waals surface area contributed by atoms with Crippen LogP contribution in [0.1, 0.15) is 38.5 Å². The monoisotopic (exact) mass is 196 g/mol. The van der Waals surface area contributed by atoms with Gasteiger partial charge in [-0.15, -0.1) is 0 Å². The number of nitrogens with two attached hydrogens (primary N) is 1. The number of likely N-dealkylation sites (tertiary alicyclic amines) is 1. The van der Waals surface area contributed by atoms with Gasteiger partial charge in [0.2, 0.25) is 0 Å². The van der Waals surface area contributed by atoms with Crippen molar-refractivity contribution in [2.24, 2.45) is 17.6 Å². The highest BCUT2D eigenvalue weighted by Gasteiger charge is 2.37. The second kappa shape index (κ2) is 4.63. The first-order valence-corrected chi connectivity index (χ1v) is 6.23. The van der Waals surface area contributed by atoms with Gasteiger partial charge in [0.05, 0.1) is 0 Å². The Morgan fingerprint density at radius 3 is 2.64 bits per heavy atom. The summed E-state index contributed by atoms with van der Waals surface area (Å²) in [6.07, 6.45) is 8.43. The van der Waals surface area contributed by atoms with E-state index in [-0.39, 0.29) is 0 Å². The molecular formula is C12H24N2. The van der Waals surface area contributed by atoms with E-state index in [1.807, 2.05) is 0 Å². The quantitative estimate of drug-likeness (QED) is 0.743. The molecule has 0 aromatic carbocycles. The first-order valence-electron chi connectivity index (χ1n) is 6.23. The summed E-state index contributed by atoms with van der Waals surface area (Å²) in [5.74, 6) is 1.93. The predicted molar refractivity (Wildman–Crippen MR) is 60.2 cm³/mol. The molecule has 2 rings (SSSR count). The van der Waals surface area contributed by atoms with Gasteiger partial charge >= 0.3 is 0 Å².